The summed E-state index contributed by atoms with van der Waals surface area (Å²) in [5.74, 6) is 0. The summed E-state index contributed by atoms with van der Waals surface area (Å²) in [6, 6.07) is 1.62. The molecular formula is C9H15F3N2. The monoisotopic (exact) mass is 208 g/mol. The first-order chi connectivity index (χ1) is 6.44. The number of nitriles is 1. The molecule has 0 aliphatic rings. The summed E-state index contributed by atoms with van der Waals surface area (Å²) in [5, 5.41) is 8.45. The van der Waals surface area contributed by atoms with Crippen molar-refractivity contribution in [2.24, 2.45) is 0 Å². The fourth-order valence-electron chi connectivity index (χ4n) is 1.37. The summed E-state index contributed by atoms with van der Waals surface area (Å²) in [4.78, 5) is 1.29. The SMILES string of the molecule is CCC(CC#N)N(CC)CC(F)(F)F. The quantitative estimate of drug-likeness (QED) is 0.694. The van der Waals surface area contributed by atoms with Gasteiger partial charge in [-0.15, -0.1) is 0 Å². The van der Waals surface area contributed by atoms with Crippen LogP contribution in [0.15, 0.2) is 0 Å². The minimum atomic E-state index is -4.18. The van der Waals surface area contributed by atoms with Crippen molar-refractivity contribution in [1.29, 1.82) is 5.26 Å². The van der Waals surface area contributed by atoms with Gasteiger partial charge in [0.25, 0.3) is 0 Å². The van der Waals surface area contributed by atoms with Gasteiger partial charge in [0.1, 0.15) is 0 Å². The van der Waals surface area contributed by atoms with Crippen LogP contribution in [0.5, 0.6) is 0 Å². The lowest BCUT2D eigenvalue weighted by Crippen LogP contribution is -2.41. The van der Waals surface area contributed by atoms with Crippen molar-refractivity contribution >= 4 is 0 Å². The van der Waals surface area contributed by atoms with Gasteiger partial charge in [0.15, 0.2) is 0 Å². The highest BCUT2D eigenvalue weighted by Gasteiger charge is 2.32. The average Bonchev–Trinajstić information content (AvgIpc) is 2.09. The van der Waals surface area contributed by atoms with Crippen molar-refractivity contribution in [3.8, 4) is 6.07 Å². The lowest BCUT2D eigenvalue weighted by atomic mass is 10.1. The molecule has 0 aromatic heterocycles. The first-order valence-electron chi connectivity index (χ1n) is 4.62. The second-order valence-electron chi connectivity index (χ2n) is 3.10. The first-order valence-corrected chi connectivity index (χ1v) is 4.62. The topological polar surface area (TPSA) is 27.0 Å². The lowest BCUT2D eigenvalue weighted by Gasteiger charge is -2.28. The molecule has 1 atom stereocenters. The molecule has 14 heavy (non-hydrogen) atoms. The minimum Gasteiger partial charge on any atom is -0.291 e. The molecule has 0 aliphatic heterocycles. The van der Waals surface area contributed by atoms with E-state index in [4.69, 9.17) is 5.26 Å². The second-order valence-corrected chi connectivity index (χ2v) is 3.10. The van der Waals surface area contributed by atoms with Gasteiger partial charge in [-0.1, -0.05) is 13.8 Å². The van der Waals surface area contributed by atoms with E-state index in [1.807, 2.05) is 6.07 Å². The predicted octanol–water partition coefficient (Wildman–Crippen LogP) is 2.56. The molecule has 2 nitrogen and oxygen atoms in total. The van der Waals surface area contributed by atoms with E-state index in [0.717, 1.165) is 0 Å². The molecule has 0 saturated heterocycles. The van der Waals surface area contributed by atoms with Gasteiger partial charge >= 0.3 is 6.18 Å². The fourth-order valence-corrected chi connectivity index (χ4v) is 1.37. The molecule has 0 bridgehead atoms. The zero-order valence-electron chi connectivity index (χ0n) is 8.43. The van der Waals surface area contributed by atoms with E-state index >= 15 is 0 Å². The molecular weight excluding hydrogens is 193 g/mol. The minimum absolute atomic E-state index is 0.153. The molecule has 0 aliphatic carbocycles. The Bertz CT molecular complexity index is 195. The Balaban J connectivity index is 4.30. The Kier molecular flexibility index (Phi) is 5.55. The van der Waals surface area contributed by atoms with Gasteiger partial charge in [-0.2, -0.15) is 18.4 Å². The highest BCUT2D eigenvalue weighted by Crippen LogP contribution is 2.19. The zero-order chi connectivity index (χ0) is 11.2. The number of halogens is 3. The third-order valence-electron chi connectivity index (χ3n) is 2.10. The van der Waals surface area contributed by atoms with Crippen LogP contribution in [0.4, 0.5) is 13.2 Å². The van der Waals surface area contributed by atoms with Gasteiger partial charge in [-0.05, 0) is 13.0 Å². The molecule has 0 aromatic carbocycles. The molecule has 5 heteroatoms. The number of hydrogen-bond acceptors (Lipinski definition) is 2. The van der Waals surface area contributed by atoms with Crippen LogP contribution < -0.4 is 0 Å². The fraction of sp³-hybridized carbons (Fsp3) is 0.889. The van der Waals surface area contributed by atoms with Crippen molar-refractivity contribution in [3.05, 3.63) is 0 Å². The summed E-state index contributed by atoms with van der Waals surface area (Å²) < 4.78 is 36.3. The van der Waals surface area contributed by atoms with Gasteiger partial charge in [0.05, 0.1) is 19.0 Å². The molecule has 0 radical (unpaired) electrons. The van der Waals surface area contributed by atoms with E-state index in [2.05, 4.69) is 0 Å². The Morgan fingerprint density at radius 1 is 1.36 bits per heavy atom. The van der Waals surface area contributed by atoms with Crippen molar-refractivity contribution in [1.82, 2.24) is 4.90 Å². The summed E-state index contributed by atoms with van der Waals surface area (Å²) in [5.41, 5.74) is 0. The standard InChI is InChI=1S/C9H15F3N2/c1-3-8(5-6-13)14(4-2)7-9(10,11)12/h8H,3-5,7H2,1-2H3. The smallest absolute Gasteiger partial charge is 0.291 e. The van der Waals surface area contributed by atoms with Crippen LogP contribution in [0.3, 0.4) is 0 Å². The number of nitrogens with zero attached hydrogens (tertiary/aromatic N) is 2. The van der Waals surface area contributed by atoms with E-state index in [-0.39, 0.29) is 12.5 Å². The van der Waals surface area contributed by atoms with Crippen molar-refractivity contribution in [2.45, 2.75) is 38.9 Å². The molecule has 0 amide bonds. The molecule has 0 saturated carbocycles. The van der Waals surface area contributed by atoms with E-state index in [0.29, 0.717) is 13.0 Å². The third-order valence-corrected chi connectivity index (χ3v) is 2.10. The van der Waals surface area contributed by atoms with Gasteiger partial charge in [0.2, 0.25) is 0 Å². The average molecular weight is 208 g/mol. The predicted molar refractivity (Wildman–Crippen MR) is 47.6 cm³/mol. The molecule has 0 aromatic rings. The first kappa shape index (κ1) is 13.2. The van der Waals surface area contributed by atoms with Gasteiger partial charge in [0, 0.05) is 6.04 Å². The number of alkyl halides is 3. The van der Waals surface area contributed by atoms with Gasteiger partial charge < -0.3 is 0 Å². The molecule has 0 rings (SSSR count). The highest BCUT2D eigenvalue weighted by atomic mass is 19.4. The lowest BCUT2D eigenvalue weighted by molar-refractivity contribution is -0.150. The summed E-state index contributed by atoms with van der Waals surface area (Å²) in [6.45, 7) is 2.86. The van der Waals surface area contributed by atoms with Gasteiger partial charge in [-0.3, -0.25) is 4.90 Å². The van der Waals surface area contributed by atoms with Crippen molar-refractivity contribution in [2.75, 3.05) is 13.1 Å². The third kappa shape index (κ3) is 5.07. The highest BCUT2D eigenvalue weighted by molar-refractivity contribution is 4.82. The molecule has 0 spiro atoms. The maximum atomic E-state index is 12.1. The van der Waals surface area contributed by atoms with Crippen molar-refractivity contribution in [3.63, 3.8) is 0 Å². The Morgan fingerprint density at radius 2 is 1.93 bits per heavy atom. The van der Waals surface area contributed by atoms with Crippen LogP contribution in [0.25, 0.3) is 0 Å². The number of rotatable bonds is 5. The summed E-state index contributed by atoms with van der Waals surface area (Å²) >= 11 is 0. The molecule has 0 heterocycles. The zero-order valence-corrected chi connectivity index (χ0v) is 8.43. The summed E-state index contributed by atoms with van der Waals surface area (Å²) in [7, 11) is 0. The maximum Gasteiger partial charge on any atom is 0.401 e. The number of hydrogen-bond donors (Lipinski definition) is 0. The molecule has 0 fully saturated rings. The van der Waals surface area contributed by atoms with Crippen LogP contribution in [0, 0.1) is 11.3 Å². The van der Waals surface area contributed by atoms with E-state index in [1.54, 1.807) is 13.8 Å². The van der Waals surface area contributed by atoms with E-state index in [1.165, 1.54) is 4.90 Å². The Morgan fingerprint density at radius 3 is 2.21 bits per heavy atom. The van der Waals surface area contributed by atoms with E-state index in [9.17, 15) is 13.2 Å². The van der Waals surface area contributed by atoms with Crippen LogP contribution in [-0.2, 0) is 0 Å². The second kappa shape index (κ2) is 5.86. The van der Waals surface area contributed by atoms with Crippen LogP contribution in [0.2, 0.25) is 0 Å². The maximum absolute atomic E-state index is 12.1. The van der Waals surface area contributed by atoms with Gasteiger partial charge in [-0.25, -0.2) is 0 Å². The Hall–Kier alpha value is -0.760. The van der Waals surface area contributed by atoms with E-state index < -0.39 is 12.7 Å². The largest absolute Gasteiger partial charge is 0.401 e. The van der Waals surface area contributed by atoms with Crippen LogP contribution in [-0.4, -0.2) is 30.2 Å². The summed E-state index contributed by atoms with van der Waals surface area (Å²) in [6.07, 6.45) is -3.46. The Labute approximate surface area is 82.3 Å². The molecule has 1 unspecified atom stereocenters. The van der Waals surface area contributed by atoms with Crippen LogP contribution >= 0.6 is 0 Å². The van der Waals surface area contributed by atoms with Crippen molar-refractivity contribution < 1.29 is 13.2 Å². The molecule has 82 valence electrons. The van der Waals surface area contributed by atoms with Crippen LogP contribution in [0.1, 0.15) is 26.7 Å². The molecule has 0 N–H and O–H groups in total. The normalized spacial score (nSPS) is 14.1.